The van der Waals surface area contributed by atoms with Gasteiger partial charge in [-0.15, -0.1) is 0 Å². The lowest BCUT2D eigenvalue weighted by molar-refractivity contribution is 0.0418. The highest BCUT2D eigenvalue weighted by Crippen LogP contribution is 2.33. The predicted octanol–water partition coefficient (Wildman–Crippen LogP) is 1.05. The maximum Gasteiger partial charge on any atom is 0.233 e. The third-order valence-corrected chi connectivity index (χ3v) is 4.66. The van der Waals surface area contributed by atoms with Crippen molar-refractivity contribution >= 4 is 11.5 Å². The summed E-state index contributed by atoms with van der Waals surface area (Å²) in [7, 11) is 3.31. The fraction of sp³-hybridized carbons (Fsp3) is 0.786. The monoisotopic (exact) mass is 315 g/mol. The Labute approximate surface area is 130 Å². The topological polar surface area (TPSA) is 58.1 Å². The molecule has 1 saturated heterocycles. The van der Waals surface area contributed by atoms with Gasteiger partial charge < -0.3 is 14.6 Å². The van der Waals surface area contributed by atoms with E-state index < -0.39 is 0 Å². The zero-order chi connectivity index (χ0) is 15.4. The summed E-state index contributed by atoms with van der Waals surface area (Å²) in [6.07, 6.45) is -0.278. The molecule has 2 heterocycles. The molecule has 0 saturated carbocycles. The Bertz CT molecular complexity index is 431. The highest BCUT2D eigenvalue weighted by atomic mass is 32.1. The van der Waals surface area contributed by atoms with Crippen molar-refractivity contribution in [2.45, 2.75) is 32.5 Å². The Morgan fingerprint density at radius 3 is 2.71 bits per heavy atom. The third-order valence-electron chi connectivity index (χ3n) is 3.82. The van der Waals surface area contributed by atoms with Crippen molar-refractivity contribution < 1.29 is 14.6 Å². The van der Waals surface area contributed by atoms with E-state index in [0.717, 1.165) is 43.4 Å². The zero-order valence-electron chi connectivity index (χ0n) is 13.2. The summed E-state index contributed by atoms with van der Waals surface area (Å²) < 4.78 is 15.0. The molecule has 2 unspecified atom stereocenters. The molecule has 2 rings (SSSR count). The molecule has 1 aliphatic rings. The number of methoxy groups -OCH3 is 2. The van der Waals surface area contributed by atoms with Crippen molar-refractivity contribution in [1.82, 2.24) is 14.2 Å². The zero-order valence-corrected chi connectivity index (χ0v) is 14.0. The summed E-state index contributed by atoms with van der Waals surface area (Å²) in [6, 6.07) is 0.428. The number of aliphatic hydroxyl groups excluding tert-OH is 1. The van der Waals surface area contributed by atoms with Crippen LogP contribution in [-0.2, 0) is 6.54 Å². The summed E-state index contributed by atoms with van der Waals surface area (Å²) in [4.78, 5) is 4.72. The van der Waals surface area contributed by atoms with E-state index in [1.54, 1.807) is 14.2 Å². The van der Waals surface area contributed by atoms with Crippen LogP contribution >= 0.6 is 11.5 Å². The van der Waals surface area contributed by atoms with E-state index >= 15 is 0 Å². The molecule has 0 radical (unpaired) electrons. The molecule has 2 atom stereocenters. The van der Waals surface area contributed by atoms with Crippen LogP contribution in [0.25, 0.3) is 0 Å². The first-order valence-corrected chi connectivity index (χ1v) is 8.03. The van der Waals surface area contributed by atoms with Gasteiger partial charge in [0.2, 0.25) is 10.9 Å². The number of nitrogens with zero attached hydrogens (tertiary/aromatic N) is 3. The first kappa shape index (κ1) is 16.5. The minimum absolute atomic E-state index is 0.278. The van der Waals surface area contributed by atoms with Crippen LogP contribution in [0.2, 0.25) is 0 Å². The molecule has 0 amide bonds. The van der Waals surface area contributed by atoms with Crippen LogP contribution in [0.15, 0.2) is 0 Å². The molecule has 1 N–H and O–H groups in total. The SMILES string of the molecule is COc1nsc(OC)c1CN1CCN(CC(C)O)C(C)C1. The molecule has 6 nitrogen and oxygen atoms in total. The van der Waals surface area contributed by atoms with E-state index in [-0.39, 0.29) is 6.10 Å². The summed E-state index contributed by atoms with van der Waals surface area (Å²) in [6.45, 7) is 8.47. The molecule has 1 aromatic rings. The van der Waals surface area contributed by atoms with Gasteiger partial charge in [-0.25, -0.2) is 0 Å². The van der Waals surface area contributed by atoms with Crippen LogP contribution < -0.4 is 9.47 Å². The van der Waals surface area contributed by atoms with Gasteiger partial charge in [0.15, 0.2) is 0 Å². The van der Waals surface area contributed by atoms with E-state index in [4.69, 9.17) is 9.47 Å². The average Bonchev–Trinajstić information content (AvgIpc) is 2.83. The van der Waals surface area contributed by atoms with Crippen LogP contribution in [0.1, 0.15) is 19.4 Å². The maximum absolute atomic E-state index is 9.54. The van der Waals surface area contributed by atoms with E-state index in [1.165, 1.54) is 11.5 Å². The van der Waals surface area contributed by atoms with Crippen molar-refractivity contribution in [3.63, 3.8) is 0 Å². The number of hydrogen-bond donors (Lipinski definition) is 1. The lowest BCUT2D eigenvalue weighted by Crippen LogP contribution is -2.53. The highest BCUT2D eigenvalue weighted by Gasteiger charge is 2.26. The van der Waals surface area contributed by atoms with Gasteiger partial charge >= 0.3 is 0 Å². The van der Waals surface area contributed by atoms with Crippen LogP contribution in [0, 0.1) is 0 Å². The third kappa shape index (κ3) is 4.06. The first-order chi connectivity index (χ1) is 10.0. The Balaban J connectivity index is 1.98. The van der Waals surface area contributed by atoms with E-state index in [9.17, 15) is 5.11 Å². The molecule has 1 aliphatic heterocycles. The molecular formula is C14H25N3O3S. The molecule has 21 heavy (non-hydrogen) atoms. The number of aromatic nitrogens is 1. The number of piperazine rings is 1. The fourth-order valence-corrected chi connectivity index (χ4v) is 3.47. The Morgan fingerprint density at radius 2 is 2.14 bits per heavy atom. The van der Waals surface area contributed by atoms with E-state index in [2.05, 4.69) is 21.1 Å². The summed E-state index contributed by atoms with van der Waals surface area (Å²) in [5.41, 5.74) is 1.03. The molecule has 0 aliphatic carbocycles. The second-order valence-electron chi connectivity index (χ2n) is 5.59. The second kappa shape index (κ2) is 7.40. The van der Waals surface area contributed by atoms with Gasteiger partial charge in [-0.1, -0.05) is 0 Å². The minimum atomic E-state index is -0.278. The molecule has 0 bridgehead atoms. The first-order valence-electron chi connectivity index (χ1n) is 7.26. The molecular weight excluding hydrogens is 290 g/mol. The van der Waals surface area contributed by atoms with Gasteiger partial charge in [0.25, 0.3) is 0 Å². The predicted molar refractivity (Wildman–Crippen MR) is 83.2 cm³/mol. The van der Waals surface area contributed by atoms with E-state index in [1.807, 2.05) is 6.92 Å². The molecule has 0 spiro atoms. The van der Waals surface area contributed by atoms with Crippen LogP contribution in [0.4, 0.5) is 0 Å². The standard InChI is InChI=1S/C14H25N3O3S/c1-10-7-16(5-6-17(10)8-11(2)18)9-12-13(19-3)15-21-14(12)20-4/h10-11,18H,5-9H2,1-4H3. The highest BCUT2D eigenvalue weighted by molar-refractivity contribution is 7.08. The minimum Gasteiger partial charge on any atom is -0.486 e. The molecule has 1 fully saturated rings. The largest absolute Gasteiger partial charge is 0.486 e. The lowest BCUT2D eigenvalue weighted by Gasteiger charge is -2.40. The fourth-order valence-electron chi connectivity index (χ4n) is 2.78. The lowest BCUT2D eigenvalue weighted by atomic mass is 10.1. The van der Waals surface area contributed by atoms with Crippen molar-refractivity contribution in [2.24, 2.45) is 0 Å². The van der Waals surface area contributed by atoms with Gasteiger partial charge in [0.1, 0.15) is 0 Å². The molecule has 1 aromatic heterocycles. The van der Waals surface area contributed by atoms with Gasteiger partial charge in [-0.05, 0) is 13.8 Å². The number of rotatable bonds is 6. The average molecular weight is 315 g/mol. The Kier molecular flexibility index (Phi) is 5.80. The number of ether oxygens (including phenoxy) is 2. The molecule has 120 valence electrons. The van der Waals surface area contributed by atoms with Crippen LogP contribution in [0.5, 0.6) is 10.9 Å². The molecule has 7 heteroatoms. The van der Waals surface area contributed by atoms with Crippen molar-refractivity contribution in [2.75, 3.05) is 40.4 Å². The Hall–Kier alpha value is -0.890. The summed E-state index contributed by atoms with van der Waals surface area (Å²) in [5.74, 6) is 0.663. The number of aliphatic hydroxyl groups is 1. The van der Waals surface area contributed by atoms with Crippen LogP contribution in [-0.4, -0.2) is 71.8 Å². The van der Waals surface area contributed by atoms with Gasteiger partial charge in [-0.2, -0.15) is 4.37 Å². The van der Waals surface area contributed by atoms with E-state index in [0.29, 0.717) is 11.9 Å². The number of β-amino-alcohol motifs (C(OH)–C–C–N with tert-alkyl or cyclic N) is 1. The van der Waals surface area contributed by atoms with Gasteiger partial charge in [0, 0.05) is 50.3 Å². The maximum atomic E-state index is 9.54. The van der Waals surface area contributed by atoms with Crippen molar-refractivity contribution in [3.05, 3.63) is 5.56 Å². The van der Waals surface area contributed by atoms with Crippen LogP contribution in [0.3, 0.4) is 0 Å². The van der Waals surface area contributed by atoms with Crippen molar-refractivity contribution in [3.8, 4) is 10.9 Å². The van der Waals surface area contributed by atoms with Gasteiger partial charge in [0.05, 0.1) is 25.9 Å². The smallest absolute Gasteiger partial charge is 0.233 e. The molecule has 0 aromatic carbocycles. The summed E-state index contributed by atoms with van der Waals surface area (Å²) in [5, 5.41) is 10.4. The van der Waals surface area contributed by atoms with Gasteiger partial charge in [-0.3, -0.25) is 9.80 Å². The van der Waals surface area contributed by atoms with Crippen molar-refractivity contribution in [1.29, 1.82) is 0 Å². The normalized spacial score (nSPS) is 22.2. The summed E-state index contributed by atoms with van der Waals surface area (Å²) >= 11 is 1.33. The second-order valence-corrected chi connectivity index (χ2v) is 6.33. The number of hydrogen-bond acceptors (Lipinski definition) is 7. The quantitative estimate of drug-likeness (QED) is 0.847. The Morgan fingerprint density at radius 1 is 1.38 bits per heavy atom.